The molecule has 0 aliphatic rings. The van der Waals surface area contributed by atoms with Crippen LogP contribution in [0.2, 0.25) is 0 Å². The van der Waals surface area contributed by atoms with Crippen LogP contribution in [-0.2, 0) is 0 Å². The fourth-order valence-electron chi connectivity index (χ4n) is 1.04. The maximum Gasteiger partial charge on any atom is 0.0416 e. The predicted molar refractivity (Wildman–Crippen MR) is 57.8 cm³/mol. The summed E-state index contributed by atoms with van der Waals surface area (Å²) in [4.78, 5) is 0.0233. The van der Waals surface area contributed by atoms with Crippen LogP contribution in [0.25, 0.3) is 0 Å². The molecular formula is C11H21Cl. The third kappa shape index (κ3) is 6.72. The summed E-state index contributed by atoms with van der Waals surface area (Å²) in [5, 5.41) is 0. The molecule has 0 rings (SSSR count). The first-order chi connectivity index (χ1) is 5.48. The average Bonchev–Trinajstić information content (AvgIpc) is 1.98. The van der Waals surface area contributed by atoms with Gasteiger partial charge in [-0.2, -0.15) is 0 Å². The molecule has 0 saturated heterocycles. The summed E-state index contributed by atoms with van der Waals surface area (Å²) < 4.78 is 0. The Bertz CT molecular complexity index is 141. The first-order valence-corrected chi connectivity index (χ1v) is 5.18. The zero-order chi connectivity index (χ0) is 9.61. The molecule has 0 aromatic heterocycles. The Morgan fingerprint density at radius 2 is 2.00 bits per heavy atom. The van der Waals surface area contributed by atoms with Gasteiger partial charge >= 0.3 is 0 Å². The van der Waals surface area contributed by atoms with Gasteiger partial charge in [-0.25, -0.2) is 0 Å². The second-order valence-electron chi connectivity index (χ2n) is 3.94. The highest BCUT2D eigenvalue weighted by atomic mass is 35.5. The van der Waals surface area contributed by atoms with Gasteiger partial charge in [0.1, 0.15) is 0 Å². The van der Waals surface area contributed by atoms with Crippen LogP contribution in [0.1, 0.15) is 53.4 Å². The van der Waals surface area contributed by atoms with Crippen molar-refractivity contribution < 1.29 is 0 Å². The second kappa shape index (κ2) is 5.64. The Kier molecular flexibility index (Phi) is 5.65. The summed E-state index contributed by atoms with van der Waals surface area (Å²) in [6.45, 7) is 8.55. The topological polar surface area (TPSA) is 0 Å². The molecule has 0 saturated carbocycles. The molecule has 0 radical (unpaired) electrons. The average molecular weight is 189 g/mol. The van der Waals surface area contributed by atoms with E-state index in [1.54, 1.807) is 0 Å². The molecule has 0 aromatic rings. The lowest BCUT2D eigenvalue weighted by molar-refractivity contribution is 0.535. The molecule has 0 aromatic carbocycles. The third-order valence-corrected chi connectivity index (χ3v) is 2.65. The molecule has 0 fully saturated rings. The molecule has 0 aliphatic carbocycles. The quantitative estimate of drug-likeness (QED) is 0.338. The van der Waals surface area contributed by atoms with E-state index in [1.807, 2.05) is 0 Å². The van der Waals surface area contributed by atoms with Crippen molar-refractivity contribution in [2.24, 2.45) is 0 Å². The van der Waals surface area contributed by atoms with Gasteiger partial charge < -0.3 is 0 Å². The summed E-state index contributed by atoms with van der Waals surface area (Å²) >= 11 is 6.22. The minimum Gasteiger partial charge on any atom is -0.120 e. The summed E-state index contributed by atoms with van der Waals surface area (Å²) in [6.07, 6.45) is 6.84. The molecule has 0 bridgehead atoms. The van der Waals surface area contributed by atoms with E-state index in [9.17, 15) is 0 Å². The predicted octanol–water partition coefficient (Wildman–Crippen LogP) is 4.53. The van der Waals surface area contributed by atoms with Crippen LogP contribution >= 0.6 is 11.6 Å². The highest BCUT2D eigenvalue weighted by molar-refractivity contribution is 6.23. The summed E-state index contributed by atoms with van der Waals surface area (Å²) in [5.74, 6) is 0. The lowest BCUT2D eigenvalue weighted by Crippen LogP contribution is -2.13. The van der Waals surface area contributed by atoms with E-state index in [-0.39, 0.29) is 4.87 Å². The number of alkyl halides is 1. The maximum absolute atomic E-state index is 6.22. The van der Waals surface area contributed by atoms with E-state index in [1.165, 1.54) is 18.4 Å². The number of rotatable bonds is 5. The molecule has 1 unspecified atom stereocenters. The fraction of sp³-hybridized carbons (Fsp3) is 0.818. The van der Waals surface area contributed by atoms with Crippen molar-refractivity contribution >= 4 is 11.6 Å². The summed E-state index contributed by atoms with van der Waals surface area (Å²) in [5.41, 5.74) is 1.41. The Hall–Kier alpha value is 0.0300. The lowest BCUT2D eigenvalue weighted by atomic mass is 10.0. The molecule has 12 heavy (non-hydrogen) atoms. The van der Waals surface area contributed by atoms with Crippen molar-refractivity contribution in [1.82, 2.24) is 0 Å². The molecule has 0 amide bonds. The van der Waals surface area contributed by atoms with E-state index in [0.29, 0.717) is 0 Å². The first kappa shape index (κ1) is 12.0. The van der Waals surface area contributed by atoms with E-state index >= 15 is 0 Å². The molecule has 72 valence electrons. The molecule has 0 aliphatic heterocycles. The minimum absolute atomic E-state index is 0.0233. The van der Waals surface area contributed by atoms with Crippen LogP contribution in [0, 0.1) is 0 Å². The zero-order valence-electron chi connectivity index (χ0n) is 8.78. The van der Waals surface area contributed by atoms with Crippen molar-refractivity contribution in [3.8, 4) is 0 Å². The fourth-order valence-corrected chi connectivity index (χ4v) is 1.17. The highest BCUT2D eigenvalue weighted by Crippen LogP contribution is 2.25. The van der Waals surface area contributed by atoms with Crippen molar-refractivity contribution in [2.75, 3.05) is 0 Å². The van der Waals surface area contributed by atoms with Crippen LogP contribution in [0.4, 0.5) is 0 Å². The Morgan fingerprint density at radius 1 is 1.42 bits per heavy atom. The third-order valence-electron chi connectivity index (χ3n) is 2.19. The SMILES string of the molecule is CCC(C)(Cl)CCCC=C(C)C. The standard InChI is InChI=1S/C11H21Cl/c1-5-11(4,12)9-7-6-8-10(2)3/h8H,5-7,9H2,1-4H3. The van der Waals surface area contributed by atoms with E-state index < -0.39 is 0 Å². The molecular weight excluding hydrogens is 168 g/mol. The number of unbranched alkanes of at least 4 members (excludes halogenated alkanes) is 1. The molecule has 0 heterocycles. The lowest BCUT2D eigenvalue weighted by Gasteiger charge is -2.18. The number of hydrogen-bond acceptors (Lipinski definition) is 0. The van der Waals surface area contributed by atoms with Gasteiger partial charge in [0.2, 0.25) is 0 Å². The van der Waals surface area contributed by atoms with Gasteiger partial charge in [0.05, 0.1) is 0 Å². The van der Waals surface area contributed by atoms with Gasteiger partial charge in [0.25, 0.3) is 0 Å². The Balaban J connectivity index is 3.50. The second-order valence-corrected chi connectivity index (χ2v) is 4.85. The van der Waals surface area contributed by atoms with E-state index in [0.717, 1.165) is 12.8 Å². The van der Waals surface area contributed by atoms with Gasteiger partial charge in [-0.05, 0) is 46.5 Å². The van der Waals surface area contributed by atoms with Crippen LogP contribution < -0.4 is 0 Å². The van der Waals surface area contributed by atoms with Crippen LogP contribution in [0.5, 0.6) is 0 Å². The molecule has 0 spiro atoms. The Morgan fingerprint density at radius 3 is 2.42 bits per heavy atom. The van der Waals surface area contributed by atoms with Crippen LogP contribution in [-0.4, -0.2) is 4.87 Å². The maximum atomic E-state index is 6.22. The van der Waals surface area contributed by atoms with Crippen molar-refractivity contribution in [1.29, 1.82) is 0 Å². The highest BCUT2D eigenvalue weighted by Gasteiger charge is 2.16. The molecule has 1 heteroatoms. The minimum atomic E-state index is 0.0233. The van der Waals surface area contributed by atoms with Crippen molar-refractivity contribution in [3.63, 3.8) is 0 Å². The number of halogens is 1. The molecule has 1 atom stereocenters. The van der Waals surface area contributed by atoms with Gasteiger partial charge in [-0.3, -0.25) is 0 Å². The van der Waals surface area contributed by atoms with Gasteiger partial charge in [0.15, 0.2) is 0 Å². The number of hydrogen-bond donors (Lipinski definition) is 0. The monoisotopic (exact) mass is 188 g/mol. The van der Waals surface area contributed by atoms with Gasteiger partial charge in [0, 0.05) is 4.87 Å². The van der Waals surface area contributed by atoms with Gasteiger partial charge in [-0.15, -0.1) is 11.6 Å². The van der Waals surface area contributed by atoms with E-state index in [4.69, 9.17) is 11.6 Å². The van der Waals surface area contributed by atoms with Crippen LogP contribution in [0.3, 0.4) is 0 Å². The van der Waals surface area contributed by atoms with Crippen LogP contribution in [0.15, 0.2) is 11.6 Å². The van der Waals surface area contributed by atoms with E-state index in [2.05, 4.69) is 33.8 Å². The summed E-state index contributed by atoms with van der Waals surface area (Å²) in [7, 11) is 0. The van der Waals surface area contributed by atoms with Crippen molar-refractivity contribution in [3.05, 3.63) is 11.6 Å². The normalized spacial score (nSPS) is 15.4. The molecule has 0 nitrogen and oxygen atoms in total. The van der Waals surface area contributed by atoms with Gasteiger partial charge in [-0.1, -0.05) is 18.6 Å². The summed E-state index contributed by atoms with van der Waals surface area (Å²) in [6, 6.07) is 0. The number of allylic oxidation sites excluding steroid dienone is 2. The smallest absolute Gasteiger partial charge is 0.0416 e. The first-order valence-electron chi connectivity index (χ1n) is 4.80. The van der Waals surface area contributed by atoms with Crippen molar-refractivity contribution in [2.45, 2.75) is 58.3 Å². The largest absolute Gasteiger partial charge is 0.120 e. The zero-order valence-corrected chi connectivity index (χ0v) is 9.54. The molecule has 0 N–H and O–H groups in total. The Labute approximate surface area is 82.0 Å².